The van der Waals surface area contributed by atoms with E-state index in [2.05, 4.69) is 111 Å². The molecule has 0 fully saturated rings. The number of hydrogen-bond donors (Lipinski definition) is 1. The molecule has 0 amide bonds. The van der Waals surface area contributed by atoms with Gasteiger partial charge in [0.2, 0.25) is 0 Å². The summed E-state index contributed by atoms with van der Waals surface area (Å²) in [4.78, 5) is 2.21. The highest BCUT2D eigenvalue weighted by atomic mass is 31.1. The third-order valence-corrected chi connectivity index (χ3v) is 8.22. The Morgan fingerprint density at radius 3 is 1.97 bits per heavy atom. The Morgan fingerprint density at radius 2 is 1.44 bits per heavy atom. The van der Waals surface area contributed by atoms with Gasteiger partial charge in [0.15, 0.2) is 0 Å². The van der Waals surface area contributed by atoms with E-state index in [1.807, 2.05) is 0 Å². The van der Waals surface area contributed by atoms with E-state index >= 15 is 0 Å². The molecule has 0 radical (unpaired) electrons. The first-order valence-corrected chi connectivity index (χ1v) is 13.1. The van der Waals surface area contributed by atoms with Gasteiger partial charge in [-0.2, -0.15) is 0 Å². The van der Waals surface area contributed by atoms with Gasteiger partial charge in [0.25, 0.3) is 0 Å². The first-order valence-electron chi connectivity index (χ1n) is 12.1. The molecule has 0 aliphatic heterocycles. The van der Waals surface area contributed by atoms with Crippen LogP contribution in [0.1, 0.15) is 97.8 Å². The molecule has 1 N–H and O–H groups in total. The van der Waals surface area contributed by atoms with Crippen molar-refractivity contribution in [1.29, 1.82) is 0 Å². The lowest BCUT2D eigenvalue weighted by Gasteiger charge is -2.36. The first-order chi connectivity index (χ1) is 14.7. The fourth-order valence-electron chi connectivity index (χ4n) is 4.32. The number of rotatable bonds is 8. The molecule has 2 atom stereocenters. The Hall–Kier alpha value is -1.53. The number of aromatic hydroxyl groups is 1. The van der Waals surface area contributed by atoms with E-state index < -0.39 is 0 Å². The second-order valence-electron chi connectivity index (χ2n) is 11.7. The summed E-state index contributed by atoms with van der Waals surface area (Å²) in [5, 5.41) is 12.9. The molecular formula is C29H46NOP. The maximum atomic E-state index is 11.7. The van der Waals surface area contributed by atoms with Crippen LogP contribution in [0.2, 0.25) is 0 Å². The van der Waals surface area contributed by atoms with Crippen molar-refractivity contribution in [2.24, 2.45) is 0 Å². The van der Waals surface area contributed by atoms with Crippen LogP contribution < -0.4 is 10.2 Å². The predicted molar refractivity (Wildman–Crippen MR) is 146 cm³/mol. The topological polar surface area (TPSA) is 23.5 Å². The van der Waals surface area contributed by atoms with Gasteiger partial charge in [-0.1, -0.05) is 114 Å². The average Bonchev–Trinajstić information content (AvgIpc) is 2.66. The highest BCUT2D eigenvalue weighted by Crippen LogP contribution is 2.52. The lowest BCUT2D eigenvalue weighted by atomic mass is 9.77. The van der Waals surface area contributed by atoms with Crippen LogP contribution in [0.4, 0.5) is 5.69 Å². The number of para-hydroxylation sites is 1. The molecule has 32 heavy (non-hydrogen) atoms. The molecule has 0 heterocycles. The maximum absolute atomic E-state index is 11.7. The Balaban J connectivity index is 2.74. The largest absolute Gasteiger partial charge is 0.507 e. The normalized spacial score (nSPS) is 14.7. The molecule has 2 aromatic carbocycles. The molecule has 0 saturated carbocycles. The Morgan fingerprint density at radius 1 is 0.844 bits per heavy atom. The standard InChI is InChI=1S/C29H46NOP/c1-11-12-15-18-29(8,32-25-17-14-13-16-24(25)30(9)10)23-20-21(27(2,3)4)19-22(26(23)31)28(5,6)7/h13-14,16-17,19-20,31-32H,11-12,15,18H2,1-10H3. The number of phenols is 1. The molecule has 2 aromatic rings. The lowest BCUT2D eigenvalue weighted by molar-refractivity contribution is 0.424. The quantitative estimate of drug-likeness (QED) is 0.323. The zero-order chi connectivity index (χ0) is 24.3. The number of unbranched alkanes of at least 4 members (excludes halogenated alkanes) is 2. The number of phenolic OH excluding ortho intramolecular Hbond substituents is 1. The number of nitrogens with zero attached hydrogens (tertiary/aromatic N) is 1. The third kappa shape index (κ3) is 6.28. The van der Waals surface area contributed by atoms with Gasteiger partial charge in [-0.05, 0) is 39.7 Å². The zero-order valence-corrected chi connectivity index (χ0v) is 23.2. The highest BCUT2D eigenvalue weighted by molar-refractivity contribution is 7.49. The molecule has 2 unspecified atom stereocenters. The summed E-state index contributed by atoms with van der Waals surface area (Å²) in [5.41, 5.74) is 4.68. The smallest absolute Gasteiger partial charge is 0.123 e. The fourth-order valence-corrected chi connectivity index (χ4v) is 6.16. The fraction of sp³-hybridized carbons (Fsp3) is 0.586. The van der Waals surface area contributed by atoms with Crippen LogP contribution in [0.3, 0.4) is 0 Å². The number of anilines is 1. The minimum Gasteiger partial charge on any atom is -0.507 e. The van der Waals surface area contributed by atoms with Crippen LogP contribution in [0.15, 0.2) is 36.4 Å². The summed E-state index contributed by atoms with van der Waals surface area (Å²) in [6.07, 6.45) is 4.68. The van der Waals surface area contributed by atoms with Crippen LogP contribution in [-0.2, 0) is 16.0 Å². The SMILES string of the molecule is CCCCCC(C)(Pc1ccccc1N(C)C)c1cc(C(C)(C)C)cc(C(C)(C)C)c1O. The van der Waals surface area contributed by atoms with Crippen LogP contribution in [0.5, 0.6) is 5.75 Å². The minimum absolute atomic E-state index is 0.0252. The average molecular weight is 456 g/mol. The van der Waals surface area contributed by atoms with Crippen molar-refractivity contribution < 1.29 is 5.11 Å². The molecule has 0 aliphatic rings. The Bertz CT molecular complexity index is 904. The molecule has 3 heteroatoms. The maximum Gasteiger partial charge on any atom is 0.123 e. The molecule has 178 valence electrons. The van der Waals surface area contributed by atoms with E-state index in [-0.39, 0.29) is 16.0 Å². The predicted octanol–water partition coefficient (Wildman–Crippen LogP) is 7.85. The summed E-state index contributed by atoms with van der Waals surface area (Å²) in [5.74, 6) is 0.499. The van der Waals surface area contributed by atoms with Crippen molar-refractivity contribution in [3.05, 3.63) is 53.1 Å². The highest BCUT2D eigenvalue weighted by Gasteiger charge is 2.35. The monoisotopic (exact) mass is 455 g/mol. The zero-order valence-electron chi connectivity index (χ0n) is 22.2. The van der Waals surface area contributed by atoms with Gasteiger partial charge in [0, 0.05) is 30.5 Å². The molecule has 0 aromatic heterocycles. The third-order valence-electron chi connectivity index (χ3n) is 6.46. The van der Waals surface area contributed by atoms with Gasteiger partial charge >= 0.3 is 0 Å². The van der Waals surface area contributed by atoms with Crippen molar-refractivity contribution in [2.45, 2.75) is 97.1 Å². The van der Waals surface area contributed by atoms with Crippen molar-refractivity contribution in [3.63, 3.8) is 0 Å². The molecule has 0 saturated heterocycles. The van der Waals surface area contributed by atoms with E-state index in [0.717, 1.165) is 17.5 Å². The first kappa shape index (κ1) is 26.7. The van der Waals surface area contributed by atoms with E-state index in [0.29, 0.717) is 14.3 Å². The molecule has 0 aliphatic carbocycles. The summed E-state index contributed by atoms with van der Waals surface area (Å²) in [7, 11) is 4.82. The van der Waals surface area contributed by atoms with Crippen molar-refractivity contribution >= 4 is 19.6 Å². The number of hydrogen-bond acceptors (Lipinski definition) is 2. The second-order valence-corrected chi connectivity index (χ2v) is 13.6. The number of benzene rings is 2. The van der Waals surface area contributed by atoms with Crippen LogP contribution in [-0.4, -0.2) is 19.2 Å². The van der Waals surface area contributed by atoms with E-state index in [9.17, 15) is 5.11 Å². The van der Waals surface area contributed by atoms with Gasteiger partial charge in [-0.15, -0.1) is 0 Å². The lowest BCUT2D eigenvalue weighted by Crippen LogP contribution is -2.25. The summed E-state index contributed by atoms with van der Waals surface area (Å²) < 4.78 is 0. The second kappa shape index (κ2) is 10.2. The van der Waals surface area contributed by atoms with Gasteiger partial charge < -0.3 is 10.0 Å². The van der Waals surface area contributed by atoms with Gasteiger partial charge in [-0.3, -0.25) is 0 Å². The van der Waals surface area contributed by atoms with E-state index in [1.165, 1.54) is 35.8 Å². The molecular weight excluding hydrogens is 409 g/mol. The van der Waals surface area contributed by atoms with Gasteiger partial charge in [0.05, 0.1) is 0 Å². The minimum atomic E-state index is -0.118. The van der Waals surface area contributed by atoms with Gasteiger partial charge in [-0.25, -0.2) is 0 Å². The van der Waals surface area contributed by atoms with Crippen LogP contribution in [0, 0.1) is 0 Å². The van der Waals surface area contributed by atoms with Crippen molar-refractivity contribution in [2.75, 3.05) is 19.0 Å². The summed E-state index contributed by atoms with van der Waals surface area (Å²) >= 11 is 0. The summed E-state index contributed by atoms with van der Waals surface area (Å²) in [6.45, 7) is 18.1. The van der Waals surface area contributed by atoms with Crippen LogP contribution in [0.25, 0.3) is 0 Å². The molecule has 0 spiro atoms. The Labute approximate surface area is 199 Å². The molecule has 2 rings (SSSR count). The molecule has 2 nitrogen and oxygen atoms in total. The van der Waals surface area contributed by atoms with E-state index in [1.54, 1.807) is 0 Å². The summed E-state index contributed by atoms with van der Waals surface area (Å²) in [6, 6.07) is 13.3. The van der Waals surface area contributed by atoms with Gasteiger partial charge in [0.1, 0.15) is 5.75 Å². The van der Waals surface area contributed by atoms with Crippen LogP contribution >= 0.6 is 8.58 Å². The van der Waals surface area contributed by atoms with Crippen molar-refractivity contribution in [1.82, 2.24) is 0 Å². The Kier molecular flexibility index (Phi) is 8.49. The molecule has 0 bridgehead atoms. The van der Waals surface area contributed by atoms with E-state index in [4.69, 9.17) is 0 Å². The van der Waals surface area contributed by atoms with Crippen molar-refractivity contribution in [3.8, 4) is 5.75 Å².